The van der Waals surface area contributed by atoms with Crippen LogP contribution in [0.15, 0.2) is 151 Å². The Morgan fingerprint density at radius 3 is 1.21 bits per heavy atom. The Labute approximate surface area is 783 Å². The predicted molar refractivity (Wildman–Crippen MR) is 536 cm³/mol. The maximum Gasteiger partial charge on any atom is 0.417 e. The molecule has 2 N–H and O–H groups in total. The van der Waals surface area contributed by atoms with Crippen molar-refractivity contribution in [1.29, 1.82) is 0 Å². The van der Waals surface area contributed by atoms with Crippen LogP contribution in [0.1, 0.15) is 357 Å². The lowest BCUT2D eigenvalue weighted by molar-refractivity contribution is -0.137. The van der Waals surface area contributed by atoms with Crippen LogP contribution in [-0.2, 0) is 51.1 Å². The summed E-state index contributed by atoms with van der Waals surface area (Å²) in [6.45, 7) is 77.9. The molecular formula is C111H180F5N13. The maximum absolute atomic E-state index is 13.1. The molecule has 0 aliphatic carbocycles. The van der Waals surface area contributed by atoms with E-state index in [1.165, 1.54) is 125 Å². The van der Waals surface area contributed by atoms with Crippen molar-refractivity contribution >= 4 is 6.21 Å². The van der Waals surface area contributed by atoms with Crippen molar-refractivity contribution in [2.75, 3.05) is 20.1 Å². The monoisotopic (exact) mass is 1790 g/mol. The number of rotatable bonds is 8. The zero-order valence-corrected chi connectivity index (χ0v) is 87.6. The molecule has 4 unspecified atom stereocenters. The number of aromatic nitrogens is 9. The Kier molecular flexibility index (Phi) is 47.2. The second-order valence-electron chi connectivity index (χ2n) is 49.8. The Bertz CT molecular complexity index is 4090. The van der Waals surface area contributed by atoms with E-state index in [1.807, 2.05) is 82.7 Å². The molecule has 6 aliphatic heterocycles. The Morgan fingerprint density at radius 1 is 0.380 bits per heavy atom. The normalized spacial score (nSPS) is 18.9. The summed E-state index contributed by atoms with van der Waals surface area (Å²) in [4.78, 5) is 35.5. The van der Waals surface area contributed by atoms with Gasteiger partial charge in [0.05, 0.1) is 23.1 Å². The number of aryl methyl sites for hydroxylation is 1. The van der Waals surface area contributed by atoms with E-state index in [0.717, 1.165) is 116 Å². The highest BCUT2D eigenvalue weighted by Gasteiger charge is 2.43. The lowest BCUT2D eigenvalue weighted by atomic mass is 9.73. The second kappa shape index (κ2) is 52.5. The number of alkyl halides is 3. The number of nitrogens with one attached hydrogen (secondary N) is 2. The van der Waals surface area contributed by atoms with Crippen LogP contribution in [0.2, 0.25) is 0 Å². The molecule has 129 heavy (non-hydrogen) atoms. The first-order valence-corrected chi connectivity index (χ1v) is 48.0. The van der Waals surface area contributed by atoms with Crippen LogP contribution in [-0.4, -0.2) is 101 Å². The van der Waals surface area contributed by atoms with E-state index in [1.54, 1.807) is 36.9 Å². The second-order valence-corrected chi connectivity index (χ2v) is 49.8. The van der Waals surface area contributed by atoms with Gasteiger partial charge in [-0.1, -0.05) is 241 Å². The Balaban J connectivity index is 0.000000366. The van der Waals surface area contributed by atoms with E-state index in [2.05, 4.69) is 299 Å². The minimum atomic E-state index is -4.30. The molecule has 4 atom stereocenters. The molecular weight excluding hydrogens is 1610 g/mol. The number of nitrogens with zero attached hydrogens (tertiary/aromatic N) is 11. The van der Waals surface area contributed by atoms with Gasteiger partial charge in [-0.3, -0.25) is 29.9 Å². The van der Waals surface area contributed by atoms with Crippen LogP contribution in [0.3, 0.4) is 0 Å². The Morgan fingerprint density at radius 2 is 0.814 bits per heavy atom. The SMILES string of the molecule is CC(C)(C)C1CC2CCC(C1)N2.CC(C)(C)C1CCNCC1.CC(C)(C)CC1=CN=CC1.CC(C)(C)Cc1ccc(C(F)(F)F)cn1.CC(C)(C)Cc1ccc(F)cn1.CC(C)(C)Cc1ccccn1.CC(C)(C)Cc1cccnn1.CC(C)(C)Cc1ncccc1F.CC(C)(C)Cc1ncccn1.CN1C2CCC1CC(C(C)(C)C)C2.Cc1cccc(CC(C)(C)C)n1. The molecule has 6 aliphatic rings. The van der Waals surface area contributed by atoms with Gasteiger partial charge in [-0.15, -0.1) is 0 Å². The fraction of sp³-hybridized carbons (Fsp3) is 0.676. The van der Waals surface area contributed by atoms with Crippen molar-refractivity contribution in [2.24, 2.45) is 82.3 Å². The number of allylic oxidation sites excluding steroid dienone is 1. The van der Waals surface area contributed by atoms with Crippen LogP contribution in [0.5, 0.6) is 0 Å². The van der Waals surface area contributed by atoms with Crippen molar-refractivity contribution in [3.05, 3.63) is 209 Å². The van der Waals surface area contributed by atoms with Crippen molar-refractivity contribution in [3.8, 4) is 0 Å². The molecule has 13 rings (SSSR count). The summed E-state index contributed by atoms with van der Waals surface area (Å²) in [5.41, 5.74) is 11.1. The summed E-state index contributed by atoms with van der Waals surface area (Å²) in [5.74, 6) is 3.31. The van der Waals surface area contributed by atoms with Crippen LogP contribution in [0.4, 0.5) is 22.0 Å². The summed E-state index contributed by atoms with van der Waals surface area (Å²) in [6, 6.07) is 30.3. The molecule has 18 heteroatoms. The zero-order chi connectivity index (χ0) is 97.9. The van der Waals surface area contributed by atoms with Gasteiger partial charge in [0.1, 0.15) is 17.5 Å². The number of halogens is 5. The average molecular weight is 1790 g/mol. The van der Waals surface area contributed by atoms with Gasteiger partial charge < -0.3 is 15.5 Å². The molecule has 5 fully saturated rings. The van der Waals surface area contributed by atoms with E-state index in [9.17, 15) is 22.0 Å². The molecule has 7 aromatic heterocycles. The van der Waals surface area contributed by atoms with E-state index in [4.69, 9.17) is 0 Å². The fourth-order valence-electron chi connectivity index (χ4n) is 16.2. The first kappa shape index (κ1) is 116. The first-order valence-electron chi connectivity index (χ1n) is 48.0. The van der Waals surface area contributed by atoms with Crippen molar-refractivity contribution < 1.29 is 22.0 Å². The highest BCUT2D eigenvalue weighted by molar-refractivity contribution is 5.65. The molecule has 0 spiro atoms. The van der Waals surface area contributed by atoms with Crippen LogP contribution in [0, 0.1) is 95.9 Å². The largest absolute Gasteiger partial charge is 0.417 e. The van der Waals surface area contributed by atoms with Crippen molar-refractivity contribution in [3.63, 3.8) is 0 Å². The van der Waals surface area contributed by atoms with Gasteiger partial charge in [0.15, 0.2) is 0 Å². The van der Waals surface area contributed by atoms with E-state index >= 15 is 0 Å². The van der Waals surface area contributed by atoms with Gasteiger partial charge in [0.25, 0.3) is 0 Å². The number of fused-ring (bicyclic) bond motifs is 4. The molecule has 0 aromatic carbocycles. The first-order chi connectivity index (χ1) is 59.1. The molecule has 7 aromatic rings. The molecule has 724 valence electrons. The molecule has 0 amide bonds. The molecule has 13 nitrogen and oxygen atoms in total. The molecule has 0 radical (unpaired) electrons. The van der Waals surface area contributed by atoms with Crippen molar-refractivity contribution in [1.82, 2.24) is 60.6 Å². The van der Waals surface area contributed by atoms with Gasteiger partial charge in [0.2, 0.25) is 0 Å². The minimum Gasteiger partial charge on any atom is -0.317 e. The smallest absolute Gasteiger partial charge is 0.317 e. The number of piperidine rings is 3. The Hall–Kier alpha value is -7.15. The summed E-state index contributed by atoms with van der Waals surface area (Å²) in [7, 11) is 2.32. The van der Waals surface area contributed by atoms with Gasteiger partial charge >= 0.3 is 6.18 Å². The highest BCUT2D eigenvalue weighted by atomic mass is 19.4. The molecule has 13 heterocycles. The van der Waals surface area contributed by atoms with Crippen molar-refractivity contribution in [2.45, 2.75) is 388 Å². The zero-order valence-electron chi connectivity index (χ0n) is 87.6. The van der Waals surface area contributed by atoms with E-state index in [-0.39, 0.29) is 33.3 Å². The van der Waals surface area contributed by atoms with Crippen LogP contribution in [0.25, 0.3) is 0 Å². The summed E-state index contributed by atoms with van der Waals surface area (Å²) in [5, 5.41) is 14.9. The van der Waals surface area contributed by atoms with E-state index in [0.29, 0.717) is 62.1 Å². The number of hydrogen-bond acceptors (Lipinski definition) is 13. The quantitative estimate of drug-likeness (QED) is 0.139. The third kappa shape index (κ3) is 55.8. The number of hydrogen-bond donors (Lipinski definition) is 2. The third-order valence-electron chi connectivity index (χ3n) is 22.7. The predicted octanol–water partition coefficient (Wildman–Crippen LogP) is 29.4. The molecule has 5 saturated heterocycles. The summed E-state index contributed by atoms with van der Waals surface area (Å²) < 4.78 is 62.2. The fourth-order valence-corrected chi connectivity index (χ4v) is 16.2. The topological polar surface area (TPSA) is 156 Å². The molecule has 4 bridgehead atoms. The maximum atomic E-state index is 13.1. The van der Waals surface area contributed by atoms with Crippen LogP contribution < -0.4 is 10.6 Å². The average Bonchev–Trinajstić information content (AvgIpc) is 1.64. The van der Waals surface area contributed by atoms with Gasteiger partial charge in [-0.2, -0.15) is 23.4 Å². The summed E-state index contributed by atoms with van der Waals surface area (Å²) >= 11 is 0. The summed E-state index contributed by atoms with van der Waals surface area (Å²) in [6.07, 6.45) is 33.3. The standard InChI is InChI=1S/C12H23N.C11H14F3N.C11H21N.C11H17N.2C10H14FN.C10H15N.2C9H14N2.C9H19N.C9H15N/c1-12(2,3)9-7-10-5-6-11(8-9)13(10)4;1-10(2,3)6-9-5-4-8(7-15-9)11(12,13)14;1-11(2,3)8-6-9-4-5-10(7-8)12-9;1-9-6-5-7-10(12-9)8-11(2,3)4;1-10(2,3)6-9-5-4-8(11)7-12-9;1-10(2,3)7-9-8(11)5-4-6-12-9;1-10(2,3)8-9-6-4-5-7-11-9;1-9(2,3)7-8-10-5-4-6-11-8;1-9(2,3)7-8-5-4-6-10-11-8;1-9(2,3)8-4-6-10-7-5-8;1-9(2,3)6-8-4-5-10-7-8/h9-11H,5-8H2,1-4H3;4-5,7H,6H2,1-3H3;8-10,12H,4-7H2,1-3H3;5-7H,8H2,1-4H3;4-5,7H,6H2,1-3H3;4-6H,7H2,1-3H3;4-7H,8H2,1-3H3;2*4-6H,7H2,1-3H3;8,10H,4-7H2,1-3H3;5,7H,4,6H2,1-3H3. The minimum absolute atomic E-state index is 0.0345. The lowest BCUT2D eigenvalue weighted by Gasteiger charge is -2.42. The highest BCUT2D eigenvalue weighted by Crippen LogP contribution is 2.45. The lowest BCUT2D eigenvalue weighted by Crippen LogP contribution is -2.43. The number of pyridine rings is 5. The van der Waals surface area contributed by atoms with E-state index < -0.39 is 11.7 Å². The number of aliphatic imine (C=N–C) groups is 1. The van der Waals surface area contributed by atoms with Crippen LogP contribution >= 0.6 is 0 Å². The van der Waals surface area contributed by atoms with Gasteiger partial charge in [-0.05, 0) is 298 Å². The van der Waals surface area contributed by atoms with Gasteiger partial charge in [-0.25, -0.2) is 18.7 Å². The molecule has 0 saturated carbocycles. The van der Waals surface area contributed by atoms with Gasteiger partial charge in [0, 0.05) is 115 Å². The third-order valence-corrected chi connectivity index (χ3v) is 22.7.